The number of carboxylic acid groups (broad SMARTS) is 1. The Hall–Kier alpha value is -2.44. The average molecular weight is 237 g/mol. The summed E-state index contributed by atoms with van der Waals surface area (Å²) in [5.41, 5.74) is 1.25. The Kier molecular flexibility index (Phi) is 2.73. The van der Waals surface area contributed by atoms with Gasteiger partial charge >= 0.3 is 6.09 Å². The highest BCUT2D eigenvalue weighted by Crippen LogP contribution is 2.31. The second-order valence-corrected chi connectivity index (χ2v) is 3.24. The van der Waals surface area contributed by atoms with E-state index >= 15 is 0 Å². The molecule has 2 rings (SSSR count). The number of aromatic amines is 1. The summed E-state index contributed by atoms with van der Waals surface area (Å²) in [5.74, 6) is 1.24. The largest absolute Gasteiger partial charge is 0.493 e. The number of ether oxygens (including phenoxy) is 2. The van der Waals surface area contributed by atoms with Crippen LogP contribution in [0.3, 0.4) is 0 Å². The van der Waals surface area contributed by atoms with Crippen molar-refractivity contribution < 1.29 is 19.4 Å². The number of amides is 1. The highest BCUT2D eigenvalue weighted by Gasteiger charge is 2.10. The molecule has 90 valence electrons. The van der Waals surface area contributed by atoms with Crippen LogP contribution in [0.4, 0.5) is 10.7 Å². The third kappa shape index (κ3) is 2.07. The van der Waals surface area contributed by atoms with Gasteiger partial charge in [0.15, 0.2) is 11.5 Å². The van der Waals surface area contributed by atoms with E-state index in [2.05, 4.69) is 15.3 Å². The van der Waals surface area contributed by atoms with Crippen molar-refractivity contribution in [1.82, 2.24) is 9.97 Å². The van der Waals surface area contributed by atoms with Gasteiger partial charge in [0.2, 0.25) is 5.95 Å². The van der Waals surface area contributed by atoms with Crippen molar-refractivity contribution in [2.45, 2.75) is 0 Å². The zero-order valence-electron chi connectivity index (χ0n) is 9.27. The molecule has 0 saturated carbocycles. The monoisotopic (exact) mass is 237 g/mol. The summed E-state index contributed by atoms with van der Waals surface area (Å²) in [7, 11) is 3.04. The predicted octanol–water partition coefficient (Wildman–Crippen LogP) is 1.67. The molecule has 1 heterocycles. The van der Waals surface area contributed by atoms with Crippen LogP contribution in [-0.2, 0) is 0 Å². The van der Waals surface area contributed by atoms with E-state index in [1.54, 1.807) is 12.1 Å². The molecule has 3 N–H and O–H groups in total. The van der Waals surface area contributed by atoms with Crippen LogP contribution in [0.5, 0.6) is 11.5 Å². The van der Waals surface area contributed by atoms with E-state index in [-0.39, 0.29) is 5.95 Å². The van der Waals surface area contributed by atoms with Crippen LogP contribution in [0.25, 0.3) is 11.0 Å². The summed E-state index contributed by atoms with van der Waals surface area (Å²) in [5, 5.41) is 10.7. The maximum Gasteiger partial charge on any atom is 0.411 e. The first-order valence-corrected chi connectivity index (χ1v) is 4.75. The van der Waals surface area contributed by atoms with Crippen LogP contribution in [0.2, 0.25) is 0 Å². The van der Waals surface area contributed by atoms with Crippen LogP contribution in [0, 0.1) is 0 Å². The first-order valence-electron chi connectivity index (χ1n) is 4.75. The molecule has 0 aliphatic rings. The molecule has 17 heavy (non-hydrogen) atoms. The summed E-state index contributed by atoms with van der Waals surface area (Å²) < 4.78 is 10.2. The van der Waals surface area contributed by atoms with Crippen LogP contribution >= 0.6 is 0 Å². The molecule has 1 amide bonds. The molecule has 0 saturated heterocycles. The smallest absolute Gasteiger partial charge is 0.411 e. The minimum Gasteiger partial charge on any atom is -0.493 e. The molecule has 7 nitrogen and oxygen atoms in total. The number of hydrogen-bond acceptors (Lipinski definition) is 4. The lowest BCUT2D eigenvalue weighted by Crippen LogP contribution is -2.08. The van der Waals surface area contributed by atoms with Crippen LogP contribution in [0.15, 0.2) is 12.1 Å². The number of H-pyrrole nitrogens is 1. The number of nitrogens with zero attached hydrogens (tertiary/aromatic N) is 1. The highest BCUT2D eigenvalue weighted by atomic mass is 16.5. The van der Waals surface area contributed by atoms with Gasteiger partial charge in [0, 0.05) is 12.1 Å². The Morgan fingerprint density at radius 3 is 2.59 bits per heavy atom. The van der Waals surface area contributed by atoms with E-state index in [0.717, 1.165) is 0 Å². The SMILES string of the molecule is COc1cc2nc(NC(=O)O)[nH]c2cc1OC. The third-order valence-electron chi connectivity index (χ3n) is 2.21. The van der Waals surface area contributed by atoms with Crippen molar-refractivity contribution in [2.75, 3.05) is 19.5 Å². The zero-order chi connectivity index (χ0) is 12.4. The normalized spacial score (nSPS) is 10.2. The summed E-state index contributed by atoms with van der Waals surface area (Å²) in [6, 6.07) is 3.35. The van der Waals surface area contributed by atoms with Crippen LogP contribution < -0.4 is 14.8 Å². The molecule has 0 fully saturated rings. The van der Waals surface area contributed by atoms with E-state index < -0.39 is 6.09 Å². The predicted molar refractivity (Wildman–Crippen MR) is 60.8 cm³/mol. The van der Waals surface area contributed by atoms with Gasteiger partial charge in [-0.25, -0.2) is 9.78 Å². The van der Waals surface area contributed by atoms with E-state index in [9.17, 15) is 4.79 Å². The third-order valence-corrected chi connectivity index (χ3v) is 2.21. The number of aromatic nitrogens is 2. The Morgan fingerprint density at radius 2 is 2.00 bits per heavy atom. The number of rotatable bonds is 3. The highest BCUT2D eigenvalue weighted by molar-refractivity contribution is 5.86. The molecule has 0 bridgehead atoms. The molecular formula is C10H11N3O4. The van der Waals surface area contributed by atoms with Gasteiger partial charge in [0.1, 0.15) is 0 Å². The Morgan fingerprint density at radius 1 is 1.35 bits per heavy atom. The van der Waals surface area contributed by atoms with Gasteiger partial charge in [-0.3, -0.25) is 5.32 Å². The van der Waals surface area contributed by atoms with Gasteiger partial charge in [-0.2, -0.15) is 0 Å². The number of carbonyl (C=O) groups is 1. The van der Waals surface area contributed by atoms with Crippen LogP contribution in [-0.4, -0.2) is 35.4 Å². The van der Waals surface area contributed by atoms with Gasteiger partial charge < -0.3 is 19.6 Å². The number of methoxy groups -OCH3 is 2. The number of fused-ring (bicyclic) bond motifs is 1. The van der Waals surface area contributed by atoms with Gasteiger partial charge in [-0.1, -0.05) is 0 Å². The Labute approximate surface area is 96.4 Å². The molecule has 0 aliphatic carbocycles. The molecular weight excluding hydrogens is 226 g/mol. The van der Waals surface area contributed by atoms with Gasteiger partial charge in [0.05, 0.1) is 25.3 Å². The molecule has 0 unspecified atom stereocenters. The molecule has 0 atom stereocenters. The number of imidazole rings is 1. The van der Waals surface area contributed by atoms with E-state index in [1.807, 2.05) is 0 Å². The first-order chi connectivity index (χ1) is 8.13. The Bertz CT molecular complexity index is 523. The lowest BCUT2D eigenvalue weighted by Gasteiger charge is -2.06. The van der Waals surface area contributed by atoms with Crippen molar-refractivity contribution in [3.63, 3.8) is 0 Å². The minimum atomic E-state index is -1.18. The molecule has 1 aromatic carbocycles. The second kappa shape index (κ2) is 4.20. The fourth-order valence-corrected chi connectivity index (χ4v) is 1.50. The first kappa shape index (κ1) is 11.1. The maximum atomic E-state index is 10.5. The molecule has 1 aromatic heterocycles. The van der Waals surface area contributed by atoms with E-state index in [1.165, 1.54) is 14.2 Å². The molecule has 0 spiro atoms. The van der Waals surface area contributed by atoms with E-state index in [4.69, 9.17) is 14.6 Å². The summed E-state index contributed by atoms with van der Waals surface area (Å²) in [6.07, 6.45) is -1.18. The standard InChI is InChI=1S/C10H11N3O4/c1-16-7-3-5-6(4-8(7)17-2)12-9(11-5)13-10(14)15/h3-4H,1-2H3,(H,14,15)(H2,11,12,13). The van der Waals surface area contributed by atoms with Crippen molar-refractivity contribution in [3.8, 4) is 11.5 Å². The number of hydrogen-bond donors (Lipinski definition) is 3. The molecule has 2 aromatic rings. The number of anilines is 1. The van der Waals surface area contributed by atoms with Crippen LogP contribution in [0.1, 0.15) is 0 Å². The van der Waals surface area contributed by atoms with Crippen molar-refractivity contribution in [3.05, 3.63) is 12.1 Å². The Balaban J connectivity index is 2.49. The lowest BCUT2D eigenvalue weighted by atomic mass is 10.3. The van der Waals surface area contributed by atoms with E-state index in [0.29, 0.717) is 22.5 Å². The lowest BCUT2D eigenvalue weighted by molar-refractivity contribution is 0.209. The summed E-state index contributed by atoms with van der Waals surface area (Å²) in [4.78, 5) is 17.3. The summed E-state index contributed by atoms with van der Waals surface area (Å²) >= 11 is 0. The minimum absolute atomic E-state index is 0.155. The van der Waals surface area contributed by atoms with Gasteiger partial charge in [0.25, 0.3) is 0 Å². The van der Waals surface area contributed by atoms with Gasteiger partial charge in [-0.05, 0) is 0 Å². The second-order valence-electron chi connectivity index (χ2n) is 3.24. The molecule has 7 heteroatoms. The quantitative estimate of drug-likeness (QED) is 0.754. The van der Waals surface area contributed by atoms with Gasteiger partial charge in [-0.15, -0.1) is 0 Å². The number of nitrogens with one attached hydrogen (secondary N) is 2. The topological polar surface area (TPSA) is 96.5 Å². The van der Waals surface area contributed by atoms with Crippen molar-refractivity contribution >= 4 is 23.1 Å². The number of benzene rings is 1. The fraction of sp³-hybridized carbons (Fsp3) is 0.200. The average Bonchev–Trinajstić information content (AvgIpc) is 2.66. The fourth-order valence-electron chi connectivity index (χ4n) is 1.50. The molecule has 0 radical (unpaired) electrons. The van der Waals surface area contributed by atoms with Crippen molar-refractivity contribution in [1.29, 1.82) is 0 Å². The van der Waals surface area contributed by atoms with Crippen molar-refractivity contribution in [2.24, 2.45) is 0 Å². The zero-order valence-corrected chi connectivity index (χ0v) is 9.27. The summed E-state index contributed by atoms with van der Waals surface area (Å²) in [6.45, 7) is 0. The molecule has 0 aliphatic heterocycles. The maximum absolute atomic E-state index is 10.5.